The van der Waals surface area contributed by atoms with Gasteiger partial charge in [-0.15, -0.1) is 24.0 Å². The lowest BCUT2D eigenvalue weighted by molar-refractivity contribution is 0.273. The van der Waals surface area contributed by atoms with E-state index in [1.807, 2.05) is 7.05 Å². The summed E-state index contributed by atoms with van der Waals surface area (Å²) in [5.41, 5.74) is 0. The third-order valence-electron chi connectivity index (χ3n) is 6.08. The standard InChI is InChI=1S/C17H32N4O2S.HI/c1-18-17(20-12-15-5-3-4-6-16(15)13-20)19-11-14-7-9-21(10-8-14)24(2,22)23;/h14-16H,3-13H2,1-2H3,(H,18,19);1H. The first-order chi connectivity index (χ1) is 11.5. The fourth-order valence-corrected chi connectivity index (χ4v) is 5.47. The molecule has 2 heterocycles. The van der Waals surface area contributed by atoms with Crippen LogP contribution in [0.3, 0.4) is 0 Å². The number of guanidine groups is 1. The quantitative estimate of drug-likeness (QED) is 0.378. The topological polar surface area (TPSA) is 65.0 Å². The Morgan fingerprint density at radius 2 is 1.64 bits per heavy atom. The Morgan fingerprint density at radius 1 is 1.08 bits per heavy atom. The van der Waals surface area contributed by atoms with Gasteiger partial charge in [0.1, 0.15) is 0 Å². The van der Waals surface area contributed by atoms with Crippen LogP contribution in [0.2, 0.25) is 0 Å². The first-order valence-corrected chi connectivity index (χ1v) is 11.2. The average Bonchev–Trinajstić information content (AvgIpc) is 2.99. The lowest BCUT2D eigenvalue weighted by Gasteiger charge is -2.31. The Kier molecular flexibility index (Phi) is 7.82. The van der Waals surface area contributed by atoms with E-state index < -0.39 is 10.0 Å². The fourth-order valence-electron chi connectivity index (χ4n) is 4.59. The first kappa shape index (κ1) is 21.2. The van der Waals surface area contributed by atoms with Gasteiger partial charge in [0.25, 0.3) is 0 Å². The highest BCUT2D eigenvalue weighted by molar-refractivity contribution is 14.0. The predicted molar refractivity (Wildman–Crippen MR) is 113 cm³/mol. The summed E-state index contributed by atoms with van der Waals surface area (Å²) in [4.78, 5) is 6.93. The molecule has 3 fully saturated rings. The zero-order valence-corrected chi connectivity index (χ0v) is 18.6. The highest BCUT2D eigenvalue weighted by atomic mass is 127. The minimum atomic E-state index is -3.03. The maximum Gasteiger partial charge on any atom is 0.211 e. The number of fused-ring (bicyclic) bond motifs is 1. The van der Waals surface area contributed by atoms with Crippen LogP contribution in [0.4, 0.5) is 0 Å². The van der Waals surface area contributed by atoms with Crippen molar-refractivity contribution in [3.63, 3.8) is 0 Å². The minimum absolute atomic E-state index is 0. The highest BCUT2D eigenvalue weighted by Gasteiger charge is 2.35. The Bertz CT molecular complexity index is 547. The zero-order chi connectivity index (χ0) is 17.2. The van der Waals surface area contributed by atoms with Gasteiger partial charge in [0.15, 0.2) is 5.96 Å². The van der Waals surface area contributed by atoms with Gasteiger partial charge in [-0.2, -0.15) is 0 Å². The number of hydrogen-bond donors (Lipinski definition) is 1. The number of rotatable bonds is 3. The summed E-state index contributed by atoms with van der Waals surface area (Å²) in [7, 11) is -1.16. The van der Waals surface area contributed by atoms with Crippen molar-refractivity contribution >= 4 is 40.0 Å². The lowest BCUT2D eigenvalue weighted by Crippen LogP contribution is -2.45. The summed E-state index contributed by atoms with van der Waals surface area (Å²) in [6.45, 7) is 4.50. The average molecular weight is 484 g/mol. The number of aliphatic imine (C=N–C) groups is 1. The molecule has 0 bridgehead atoms. The summed E-state index contributed by atoms with van der Waals surface area (Å²) in [5, 5.41) is 3.55. The first-order valence-electron chi connectivity index (χ1n) is 9.38. The van der Waals surface area contributed by atoms with Crippen molar-refractivity contribution in [1.82, 2.24) is 14.5 Å². The van der Waals surface area contributed by atoms with Crippen molar-refractivity contribution < 1.29 is 8.42 Å². The lowest BCUT2D eigenvalue weighted by atomic mass is 9.82. The Hall–Kier alpha value is -0.0900. The molecular weight excluding hydrogens is 451 g/mol. The molecule has 3 rings (SSSR count). The van der Waals surface area contributed by atoms with Gasteiger partial charge in [-0.25, -0.2) is 12.7 Å². The van der Waals surface area contributed by atoms with Crippen LogP contribution in [0.15, 0.2) is 4.99 Å². The van der Waals surface area contributed by atoms with E-state index in [0.717, 1.165) is 50.3 Å². The normalized spacial score (nSPS) is 29.2. The fraction of sp³-hybridized carbons (Fsp3) is 0.941. The van der Waals surface area contributed by atoms with Gasteiger partial charge < -0.3 is 10.2 Å². The zero-order valence-electron chi connectivity index (χ0n) is 15.5. The van der Waals surface area contributed by atoms with Gasteiger partial charge in [0.05, 0.1) is 6.26 Å². The van der Waals surface area contributed by atoms with Crippen molar-refractivity contribution in [2.75, 3.05) is 46.0 Å². The molecule has 0 aromatic carbocycles. The maximum atomic E-state index is 11.6. The monoisotopic (exact) mass is 484 g/mol. The van der Waals surface area contributed by atoms with E-state index in [4.69, 9.17) is 0 Å². The van der Waals surface area contributed by atoms with Crippen LogP contribution in [0.5, 0.6) is 0 Å². The molecule has 1 N–H and O–H groups in total. The number of halogens is 1. The molecule has 2 aliphatic heterocycles. The van der Waals surface area contributed by atoms with E-state index in [0.29, 0.717) is 19.0 Å². The van der Waals surface area contributed by atoms with Gasteiger partial charge in [0.2, 0.25) is 10.0 Å². The molecule has 3 aliphatic rings. The second kappa shape index (κ2) is 9.21. The number of hydrogen-bond acceptors (Lipinski definition) is 3. The maximum absolute atomic E-state index is 11.6. The van der Waals surface area contributed by atoms with Crippen LogP contribution < -0.4 is 5.32 Å². The summed E-state index contributed by atoms with van der Waals surface area (Å²) in [6, 6.07) is 0. The van der Waals surface area contributed by atoms with E-state index in [1.54, 1.807) is 4.31 Å². The molecule has 6 nitrogen and oxygen atoms in total. The minimum Gasteiger partial charge on any atom is -0.356 e. The van der Waals surface area contributed by atoms with Crippen LogP contribution in [0, 0.1) is 17.8 Å². The number of piperidine rings is 1. The van der Waals surface area contributed by atoms with Crippen molar-refractivity contribution in [2.45, 2.75) is 38.5 Å². The molecule has 8 heteroatoms. The van der Waals surface area contributed by atoms with Crippen molar-refractivity contribution in [1.29, 1.82) is 0 Å². The SMILES string of the molecule is CN=C(NCC1CCN(S(C)(=O)=O)CC1)N1CC2CCCCC2C1.I. The molecule has 2 saturated heterocycles. The van der Waals surface area contributed by atoms with E-state index in [-0.39, 0.29) is 24.0 Å². The Labute approximate surface area is 169 Å². The Morgan fingerprint density at radius 3 is 2.12 bits per heavy atom. The Balaban J connectivity index is 0.00000225. The molecule has 2 atom stereocenters. The van der Waals surface area contributed by atoms with Crippen LogP contribution in [-0.4, -0.2) is 69.6 Å². The van der Waals surface area contributed by atoms with E-state index >= 15 is 0 Å². The van der Waals surface area contributed by atoms with Crippen LogP contribution in [0.25, 0.3) is 0 Å². The summed E-state index contributed by atoms with van der Waals surface area (Å²) in [6.07, 6.45) is 8.70. The molecule has 0 radical (unpaired) electrons. The smallest absolute Gasteiger partial charge is 0.211 e. The molecular formula is C17H33IN4O2S. The van der Waals surface area contributed by atoms with Crippen molar-refractivity contribution in [3.8, 4) is 0 Å². The second-order valence-corrected chi connectivity index (χ2v) is 9.73. The molecule has 146 valence electrons. The molecule has 0 aromatic rings. The predicted octanol–water partition coefficient (Wildman–Crippen LogP) is 1.97. The molecule has 2 unspecified atom stereocenters. The molecule has 25 heavy (non-hydrogen) atoms. The largest absolute Gasteiger partial charge is 0.356 e. The number of likely N-dealkylation sites (tertiary alicyclic amines) is 1. The van der Waals surface area contributed by atoms with Crippen molar-refractivity contribution in [3.05, 3.63) is 0 Å². The number of sulfonamides is 1. The van der Waals surface area contributed by atoms with Gasteiger partial charge in [-0.3, -0.25) is 4.99 Å². The highest BCUT2D eigenvalue weighted by Crippen LogP contribution is 2.36. The second-order valence-electron chi connectivity index (χ2n) is 7.74. The van der Waals surface area contributed by atoms with E-state index in [1.165, 1.54) is 31.9 Å². The van der Waals surface area contributed by atoms with Crippen LogP contribution in [0.1, 0.15) is 38.5 Å². The molecule has 1 aliphatic carbocycles. The van der Waals surface area contributed by atoms with Gasteiger partial charge in [0, 0.05) is 39.8 Å². The molecule has 1 saturated carbocycles. The van der Waals surface area contributed by atoms with Crippen molar-refractivity contribution in [2.24, 2.45) is 22.7 Å². The van der Waals surface area contributed by atoms with Gasteiger partial charge in [-0.05, 0) is 43.4 Å². The summed E-state index contributed by atoms with van der Waals surface area (Å²) >= 11 is 0. The van der Waals surface area contributed by atoms with E-state index in [9.17, 15) is 8.42 Å². The van der Waals surface area contributed by atoms with E-state index in [2.05, 4.69) is 15.2 Å². The molecule has 0 aromatic heterocycles. The van der Waals surface area contributed by atoms with Crippen LogP contribution >= 0.6 is 24.0 Å². The number of nitrogens with one attached hydrogen (secondary N) is 1. The van der Waals surface area contributed by atoms with Crippen LogP contribution in [-0.2, 0) is 10.0 Å². The summed E-state index contributed by atoms with van der Waals surface area (Å²) in [5.74, 6) is 3.28. The van der Waals surface area contributed by atoms with Gasteiger partial charge in [-0.1, -0.05) is 12.8 Å². The third kappa shape index (κ3) is 5.45. The summed E-state index contributed by atoms with van der Waals surface area (Å²) < 4.78 is 24.8. The number of nitrogens with zero attached hydrogens (tertiary/aromatic N) is 3. The third-order valence-corrected chi connectivity index (χ3v) is 7.38. The molecule has 0 spiro atoms. The molecule has 0 amide bonds. The van der Waals surface area contributed by atoms with Gasteiger partial charge >= 0.3 is 0 Å².